The van der Waals surface area contributed by atoms with Crippen LogP contribution in [0.15, 0.2) is 36.4 Å². The van der Waals surface area contributed by atoms with Crippen LogP contribution in [0, 0.1) is 24.1 Å². The zero-order valence-electron chi connectivity index (χ0n) is 13.7. The Morgan fingerprint density at radius 2 is 2.00 bits per heavy atom. The summed E-state index contributed by atoms with van der Waals surface area (Å²) in [7, 11) is 0. The van der Waals surface area contributed by atoms with Crippen molar-refractivity contribution in [1.29, 1.82) is 5.26 Å². The second kappa shape index (κ2) is 5.97. The zero-order chi connectivity index (χ0) is 18.3. The Hall–Kier alpha value is -3.72. The van der Waals surface area contributed by atoms with Crippen molar-refractivity contribution >= 4 is 40.6 Å². The predicted octanol–water partition coefficient (Wildman–Crippen LogP) is 1.96. The highest BCUT2D eigenvalue weighted by atomic mass is 19.1. The summed E-state index contributed by atoms with van der Waals surface area (Å²) in [6.07, 6.45) is 2.81. The quantitative estimate of drug-likeness (QED) is 0.771. The maximum atomic E-state index is 13.7. The highest BCUT2D eigenvalue weighted by Crippen LogP contribution is 2.20. The minimum Gasteiger partial charge on any atom is -0.339 e. The molecule has 0 aliphatic carbocycles. The molecule has 6 heteroatoms. The van der Waals surface area contributed by atoms with Gasteiger partial charge in [0, 0.05) is 33.8 Å². The molecule has 4 rings (SSSR count). The lowest BCUT2D eigenvalue weighted by atomic mass is 10.1. The molecule has 2 heterocycles. The fourth-order valence-electron chi connectivity index (χ4n) is 2.90. The van der Waals surface area contributed by atoms with Crippen LogP contribution in [0.5, 0.6) is 0 Å². The molecule has 1 aliphatic rings. The van der Waals surface area contributed by atoms with Crippen molar-refractivity contribution in [2.75, 3.05) is 5.32 Å². The van der Waals surface area contributed by atoms with E-state index in [0.717, 1.165) is 5.56 Å². The van der Waals surface area contributed by atoms with Gasteiger partial charge in [-0.1, -0.05) is 6.07 Å². The number of nitrogens with one attached hydrogen (secondary N) is 1. The molecular formula is C20H12FN4O. The summed E-state index contributed by atoms with van der Waals surface area (Å²) in [5, 5.41) is 17.9. The molecule has 1 N–H and O–H groups in total. The smallest absolute Gasteiger partial charge is 0.270 e. The van der Waals surface area contributed by atoms with Crippen molar-refractivity contribution < 1.29 is 9.18 Å². The summed E-state index contributed by atoms with van der Waals surface area (Å²) in [5.41, 5.74) is 2.73. The fraction of sp³-hybridized carbons (Fsp3) is 0.0500. The number of halogens is 1. The molecule has 0 saturated carbocycles. The van der Waals surface area contributed by atoms with Gasteiger partial charge in [0.05, 0.1) is 17.1 Å². The zero-order valence-corrected chi connectivity index (χ0v) is 13.7. The molecule has 0 saturated heterocycles. The molecule has 1 radical (unpaired) electrons. The summed E-state index contributed by atoms with van der Waals surface area (Å²) in [5.74, 6) is -0.331. The molecule has 125 valence electrons. The molecule has 0 unspecified atom stereocenters. The Morgan fingerprint density at radius 3 is 2.81 bits per heavy atom. The Bertz CT molecular complexity index is 1240. The van der Waals surface area contributed by atoms with Crippen LogP contribution in [0.1, 0.15) is 11.1 Å². The van der Waals surface area contributed by atoms with Crippen LogP contribution in [-0.2, 0) is 4.79 Å². The molecule has 0 spiro atoms. The number of aryl methyl sites for hydroxylation is 1. The largest absolute Gasteiger partial charge is 0.339 e. The van der Waals surface area contributed by atoms with Gasteiger partial charge in [-0.25, -0.2) is 14.7 Å². The molecule has 0 atom stereocenters. The third kappa shape index (κ3) is 2.66. The normalized spacial score (nSPS) is 12.4. The summed E-state index contributed by atoms with van der Waals surface area (Å²) in [4.78, 5) is 16.3. The number of nitrogens with zero attached hydrogens (tertiary/aromatic N) is 3. The molecule has 1 amide bonds. The van der Waals surface area contributed by atoms with Crippen molar-refractivity contribution in [2.45, 2.75) is 6.92 Å². The third-order valence-corrected chi connectivity index (χ3v) is 4.23. The molecular weight excluding hydrogens is 331 g/mol. The molecule has 2 aromatic carbocycles. The Balaban J connectivity index is 1.99. The van der Waals surface area contributed by atoms with Gasteiger partial charge >= 0.3 is 0 Å². The molecule has 0 bridgehead atoms. The van der Waals surface area contributed by atoms with Crippen molar-refractivity contribution in [3.63, 3.8) is 0 Å². The van der Waals surface area contributed by atoms with Crippen molar-refractivity contribution in [3.8, 4) is 6.07 Å². The van der Waals surface area contributed by atoms with Crippen LogP contribution < -0.4 is 21.1 Å². The van der Waals surface area contributed by atoms with Crippen LogP contribution in [0.4, 0.5) is 15.9 Å². The minimum atomic E-state index is -0.402. The fourth-order valence-corrected chi connectivity index (χ4v) is 2.90. The van der Waals surface area contributed by atoms with E-state index in [-0.39, 0.29) is 5.82 Å². The van der Waals surface area contributed by atoms with E-state index < -0.39 is 5.91 Å². The Morgan fingerprint density at radius 1 is 1.15 bits per heavy atom. The van der Waals surface area contributed by atoms with Crippen LogP contribution >= 0.6 is 0 Å². The standard InChI is InChI=1S/C20H12FN4O/c1-11-2-3-12(9-22)6-18(11)25-20-15-8-19(26)23-10-16(15)14-7-13(21)4-5-17(14)24-20/h2-8,10H,1H3,(H,24,25). The van der Waals surface area contributed by atoms with E-state index >= 15 is 0 Å². The first-order chi connectivity index (χ1) is 12.5. The van der Waals surface area contributed by atoms with Crippen molar-refractivity contribution in [2.24, 2.45) is 0 Å². The van der Waals surface area contributed by atoms with Gasteiger partial charge in [0.2, 0.25) is 0 Å². The van der Waals surface area contributed by atoms with Gasteiger partial charge in [0.1, 0.15) is 11.6 Å². The highest BCUT2D eigenvalue weighted by Gasteiger charge is 2.13. The Kier molecular flexibility index (Phi) is 3.63. The summed E-state index contributed by atoms with van der Waals surface area (Å²) < 4.78 is 13.7. The lowest BCUT2D eigenvalue weighted by molar-refractivity contribution is -0.114. The summed E-state index contributed by atoms with van der Waals surface area (Å²) in [6.45, 7) is 1.91. The number of benzene rings is 2. The molecule has 1 aliphatic heterocycles. The molecule has 26 heavy (non-hydrogen) atoms. The van der Waals surface area contributed by atoms with Gasteiger partial charge in [0.15, 0.2) is 0 Å². The number of hydrogen-bond donors (Lipinski definition) is 1. The number of pyridine rings is 1. The van der Waals surface area contributed by atoms with E-state index in [1.807, 2.05) is 13.0 Å². The van der Waals surface area contributed by atoms with E-state index in [1.165, 1.54) is 24.4 Å². The molecule has 5 nitrogen and oxygen atoms in total. The predicted molar refractivity (Wildman–Crippen MR) is 96.2 cm³/mol. The van der Waals surface area contributed by atoms with E-state index in [0.29, 0.717) is 38.4 Å². The van der Waals surface area contributed by atoms with Gasteiger partial charge in [-0.15, -0.1) is 0 Å². The minimum absolute atomic E-state index is 0.384. The number of carbonyl (C=O) groups is 1. The molecule has 3 aromatic rings. The van der Waals surface area contributed by atoms with Crippen LogP contribution in [-0.4, -0.2) is 10.9 Å². The number of anilines is 2. The van der Waals surface area contributed by atoms with Crippen LogP contribution in [0.2, 0.25) is 0 Å². The van der Waals surface area contributed by atoms with E-state index in [4.69, 9.17) is 5.26 Å². The topological polar surface area (TPSA) is 79.9 Å². The average molecular weight is 343 g/mol. The number of rotatable bonds is 2. The number of hydrogen-bond acceptors (Lipinski definition) is 4. The van der Waals surface area contributed by atoms with E-state index in [9.17, 15) is 9.18 Å². The van der Waals surface area contributed by atoms with Gasteiger partial charge in [0.25, 0.3) is 5.91 Å². The average Bonchev–Trinajstić information content (AvgIpc) is 2.64. The number of amides is 1. The maximum absolute atomic E-state index is 13.7. The summed E-state index contributed by atoms with van der Waals surface area (Å²) in [6, 6.07) is 11.7. The van der Waals surface area contributed by atoms with Gasteiger partial charge in [-0.3, -0.25) is 4.79 Å². The summed E-state index contributed by atoms with van der Waals surface area (Å²) >= 11 is 0. The Labute approximate surface area is 148 Å². The third-order valence-electron chi connectivity index (χ3n) is 4.23. The number of aromatic nitrogens is 1. The number of nitriles is 1. The first-order valence-electron chi connectivity index (χ1n) is 7.89. The highest BCUT2D eigenvalue weighted by molar-refractivity contribution is 6.08. The van der Waals surface area contributed by atoms with Crippen molar-refractivity contribution in [3.05, 3.63) is 63.8 Å². The molecule has 0 fully saturated rings. The van der Waals surface area contributed by atoms with E-state index in [1.54, 1.807) is 18.2 Å². The monoisotopic (exact) mass is 343 g/mol. The first kappa shape index (κ1) is 15.8. The SMILES string of the molecule is Cc1ccc(C#N)cc1Nc1nc2ccc(F)cc2c2c1=CC(=O)[N]C=2. The first-order valence-corrected chi connectivity index (χ1v) is 7.89. The van der Waals surface area contributed by atoms with E-state index in [2.05, 4.69) is 21.7 Å². The lowest BCUT2D eigenvalue weighted by Gasteiger charge is -2.13. The van der Waals surface area contributed by atoms with Gasteiger partial charge in [-0.2, -0.15) is 5.26 Å². The second-order valence-electron chi connectivity index (χ2n) is 5.96. The van der Waals surface area contributed by atoms with Gasteiger partial charge in [-0.05, 0) is 42.8 Å². The van der Waals surface area contributed by atoms with Crippen LogP contribution in [0.25, 0.3) is 23.2 Å². The van der Waals surface area contributed by atoms with Crippen molar-refractivity contribution in [1.82, 2.24) is 10.3 Å². The number of fused-ring (bicyclic) bond motifs is 3. The maximum Gasteiger partial charge on any atom is 0.270 e. The number of carbonyl (C=O) groups excluding carboxylic acids is 1. The van der Waals surface area contributed by atoms with Gasteiger partial charge < -0.3 is 5.32 Å². The second-order valence-corrected chi connectivity index (χ2v) is 5.96. The van der Waals surface area contributed by atoms with Crippen LogP contribution in [0.3, 0.4) is 0 Å². The molecule has 1 aromatic heterocycles. The lowest BCUT2D eigenvalue weighted by Crippen LogP contribution is -2.36.